The van der Waals surface area contributed by atoms with Crippen LogP contribution in [0, 0.1) is 0 Å². The second-order valence-corrected chi connectivity index (χ2v) is 5.75. The SMILES string of the molecule is [2H]N1C(=O)OC[C@@H]1Cc1ccc2c(c1)c(CCN(C)C)cn2[2H]. The third kappa shape index (κ3) is 3.19. The molecular formula is C16H21N3O2. The van der Waals surface area contributed by atoms with Gasteiger partial charge in [-0.3, -0.25) is 0 Å². The smallest absolute Gasteiger partial charge is 0.407 e. The predicted molar refractivity (Wildman–Crippen MR) is 82.5 cm³/mol. The number of alkyl carbamates (subject to hydrolysis) is 1. The molecule has 0 radical (unpaired) electrons. The zero-order valence-electron chi connectivity index (χ0n) is 14.4. The number of fused-ring (bicyclic) bond motifs is 1. The molecule has 3 rings (SSSR count). The number of hydrogen-bond donors (Lipinski definition) is 2. The molecule has 0 unspecified atom stereocenters. The van der Waals surface area contributed by atoms with Crippen LogP contribution < -0.4 is 5.31 Å². The van der Waals surface area contributed by atoms with Gasteiger partial charge in [0, 0.05) is 23.6 Å². The van der Waals surface area contributed by atoms with Crippen LogP contribution in [-0.4, -0.2) is 49.3 Å². The van der Waals surface area contributed by atoms with E-state index in [4.69, 9.17) is 7.56 Å². The van der Waals surface area contributed by atoms with E-state index in [-0.39, 0.29) is 12.6 Å². The summed E-state index contributed by atoms with van der Waals surface area (Å²) < 4.78 is 20.6. The lowest BCUT2D eigenvalue weighted by Crippen LogP contribution is -2.28. The monoisotopic (exact) mass is 289 g/mol. The number of nitrogens with one attached hydrogen (secondary N) is 2. The molecule has 0 spiro atoms. The van der Waals surface area contributed by atoms with Crippen molar-refractivity contribution in [2.45, 2.75) is 18.9 Å². The number of carbonyl (C=O) groups is 1. The van der Waals surface area contributed by atoms with Crippen LogP contribution in [0.1, 0.15) is 11.1 Å². The molecule has 0 bridgehead atoms. The van der Waals surface area contributed by atoms with Crippen molar-refractivity contribution in [1.82, 2.24) is 15.2 Å². The van der Waals surface area contributed by atoms with Crippen LogP contribution in [0.15, 0.2) is 24.4 Å². The van der Waals surface area contributed by atoms with Gasteiger partial charge in [0.05, 0.1) is 6.04 Å². The molecule has 1 amide bonds. The van der Waals surface area contributed by atoms with Crippen LogP contribution in [0.5, 0.6) is 0 Å². The van der Waals surface area contributed by atoms with Gasteiger partial charge in [0.2, 0.25) is 0 Å². The number of carbonyl (C=O) groups excluding carboxylic acids is 1. The van der Waals surface area contributed by atoms with Crippen LogP contribution >= 0.6 is 0 Å². The molecule has 1 aliphatic rings. The minimum Gasteiger partial charge on any atom is -0.447 e. The van der Waals surface area contributed by atoms with E-state index in [1.165, 1.54) is 4.98 Å². The molecule has 2 heterocycles. The summed E-state index contributed by atoms with van der Waals surface area (Å²) in [5.74, 6) is 0. The highest BCUT2D eigenvalue weighted by Crippen LogP contribution is 2.21. The van der Waals surface area contributed by atoms with Gasteiger partial charge < -0.3 is 19.9 Å². The van der Waals surface area contributed by atoms with Gasteiger partial charge in [-0.1, -0.05) is 6.07 Å². The lowest BCUT2D eigenvalue weighted by molar-refractivity contribution is 0.177. The van der Waals surface area contributed by atoms with Crippen molar-refractivity contribution < 1.29 is 12.4 Å². The molecule has 5 heteroatoms. The number of ether oxygens (including phenoxy) is 1. The Bertz CT molecular complexity index is 729. The van der Waals surface area contributed by atoms with Crippen LogP contribution in [0.2, 0.25) is 2.82 Å². The molecule has 1 saturated heterocycles. The van der Waals surface area contributed by atoms with E-state index < -0.39 is 6.09 Å². The highest BCUT2D eigenvalue weighted by atomic mass is 16.6. The second-order valence-electron chi connectivity index (χ2n) is 5.75. The average molecular weight is 289 g/mol. The maximum absolute atomic E-state index is 11.3. The molecule has 2 aromatic rings. The minimum atomic E-state index is -0.583. The molecule has 2 N–H and O–H groups in total. The normalized spacial score (nSPS) is 20.0. The Balaban J connectivity index is 1.85. The summed E-state index contributed by atoms with van der Waals surface area (Å²) in [4.78, 5) is 14.8. The third-order valence-electron chi connectivity index (χ3n) is 3.75. The van der Waals surface area contributed by atoms with E-state index in [0.29, 0.717) is 6.42 Å². The number of benzene rings is 1. The van der Waals surface area contributed by atoms with Gasteiger partial charge >= 0.3 is 6.09 Å². The van der Waals surface area contributed by atoms with Gasteiger partial charge in [0.1, 0.15) is 6.61 Å². The summed E-state index contributed by atoms with van der Waals surface area (Å²) >= 11 is 0. The van der Waals surface area contributed by atoms with Gasteiger partial charge in [-0.25, -0.2) is 4.79 Å². The number of nitrogens with zero attached hydrogens (tertiary/aromatic N) is 1. The molecule has 21 heavy (non-hydrogen) atoms. The predicted octanol–water partition coefficient (Wildman–Crippen LogP) is 1.92. The summed E-state index contributed by atoms with van der Waals surface area (Å²) in [7, 11) is 4.07. The molecule has 112 valence electrons. The van der Waals surface area contributed by atoms with Gasteiger partial charge in [-0.2, -0.15) is 0 Å². The van der Waals surface area contributed by atoms with E-state index in [1.54, 1.807) is 0 Å². The number of cyclic esters (lactones) is 1. The van der Waals surface area contributed by atoms with E-state index >= 15 is 0 Å². The molecular weight excluding hydrogens is 266 g/mol. The summed E-state index contributed by atoms with van der Waals surface area (Å²) in [6.07, 6.45) is 2.74. The second kappa shape index (κ2) is 5.77. The first-order valence-corrected chi connectivity index (χ1v) is 7.17. The largest absolute Gasteiger partial charge is 0.447 e. The molecule has 5 nitrogen and oxygen atoms in total. The van der Waals surface area contributed by atoms with Gasteiger partial charge in [-0.05, 0) is 50.2 Å². The van der Waals surface area contributed by atoms with Crippen LogP contribution in [-0.2, 0) is 17.6 Å². The molecule has 1 aromatic heterocycles. The summed E-state index contributed by atoms with van der Waals surface area (Å²) in [5.41, 5.74) is 3.08. The number of aromatic amines is 1. The van der Waals surface area contributed by atoms with Gasteiger partial charge in [0.25, 0.3) is 0 Å². The Kier molecular flexibility index (Phi) is 3.20. The first kappa shape index (κ1) is 11.6. The molecule has 0 saturated carbocycles. The van der Waals surface area contributed by atoms with E-state index in [1.807, 2.05) is 32.4 Å². The number of hydrogen-bond acceptors (Lipinski definition) is 3. The summed E-state index contributed by atoms with van der Waals surface area (Å²) in [5, 5.41) is 1.98. The summed E-state index contributed by atoms with van der Waals surface area (Å²) in [6, 6.07) is 5.72. The molecule has 0 aliphatic carbocycles. The Morgan fingerprint density at radius 2 is 2.33 bits per heavy atom. The third-order valence-corrected chi connectivity index (χ3v) is 3.75. The Hall–Kier alpha value is -2.01. The maximum Gasteiger partial charge on any atom is 0.407 e. The van der Waals surface area contributed by atoms with Gasteiger partial charge in [-0.15, -0.1) is 0 Å². The number of rotatable bonds is 5. The van der Waals surface area contributed by atoms with Crippen molar-refractivity contribution in [3.05, 3.63) is 35.5 Å². The Labute approximate surface area is 127 Å². The number of aromatic nitrogens is 1. The standard InChI is InChI=1S/C16H21N3O2/c1-19(2)6-5-12-9-17-15-4-3-11(8-14(12)15)7-13-10-21-16(20)18-13/h3-4,8-9,13,17H,5-7,10H2,1-2H3,(H,18,20)/t13-/m0/s1/i/hD2. The van der Waals surface area contributed by atoms with Crippen molar-refractivity contribution in [3.63, 3.8) is 0 Å². The fourth-order valence-electron chi connectivity index (χ4n) is 2.61. The minimum absolute atomic E-state index is 0.247. The topological polar surface area (TPSA) is 57.4 Å². The van der Waals surface area contributed by atoms with Crippen molar-refractivity contribution in [3.8, 4) is 0 Å². The summed E-state index contributed by atoms with van der Waals surface area (Å²) in [6.45, 7) is 1.18. The fraction of sp³-hybridized carbons (Fsp3) is 0.438. The molecule has 1 aromatic carbocycles. The van der Waals surface area contributed by atoms with Crippen molar-refractivity contribution in [2.75, 3.05) is 27.2 Å². The quantitative estimate of drug-likeness (QED) is 0.884. The first-order valence-electron chi connectivity index (χ1n) is 8.07. The Morgan fingerprint density at radius 3 is 3.05 bits per heavy atom. The van der Waals surface area contributed by atoms with Gasteiger partial charge in [0.15, 0.2) is 2.82 Å². The first-order chi connectivity index (χ1) is 11.0. The van der Waals surface area contributed by atoms with E-state index in [2.05, 4.69) is 11.0 Å². The van der Waals surface area contributed by atoms with Crippen molar-refractivity contribution in [1.29, 1.82) is 0 Å². The van der Waals surface area contributed by atoms with E-state index in [9.17, 15) is 4.79 Å². The van der Waals surface area contributed by atoms with Crippen molar-refractivity contribution in [2.24, 2.45) is 0 Å². The fourth-order valence-corrected chi connectivity index (χ4v) is 2.61. The Morgan fingerprint density at radius 1 is 1.48 bits per heavy atom. The van der Waals surface area contributed by atoms with E-state index in [0.717, 1.165) is 40.3 Å². The average Bonchev–Trinajstić information content (AvgIpc) is 2.99. The number of H-pyrrole nitrogens is 1. The molecule has 1 aliphatic heterocycles. The number of likely N-dealkylation sites (N-methyl/N-ethyl adjacent to an activating group) is 1. The van der Waals surface area contributed by atoms with Crippen molar-refractivity contribution >= 4 is 17.0 Å². The van der Waals surface area contributed by atoms with Crippen LogP contribution in [0.25, 0.3) is 10.9 Å². The number of amides is 1. The molecule has 1 atom stereocenters. The lowest BCUT2D eigenvalue weighted by Gasteiger charge is -2.09. The van der Waals surface area contributed by atoms with Crippen LogP contribution in [0.4, 0.5) is 4.79 Å². The lowest BCUT2D eigenvalue weighted by atomic mass is 10.0. The molecule has 1 fully saturated rings. The highest BCUT2D eigenvalue weighted by molar-refractivity contribution is 5.84. The highest BCUT2D eigenvalue weighted by Gasteiger charge is 2.22. The van der Waals surface area contributed by atoms with Crippen LogP contribution in [0.3, 0.4) is 0 Å². The zero-order chi connectivity index (χ0) is 16.6. The zero-order valence-corrected chi connectivity index (χ0v) is 12.4. The maximum atomic E-state index is 11.3.